The number of carbonyl (C=O) groups is 2. The Bertz CT molecular complexity index is 1390. The van der Waals surface area contributed by atoms with Gasteiger partial charge in [-0.15, -0.1) is 23.1 Å². The summed E-state index contributed by atoms with van der Waals surface area (Å²) in [5, 5.41) is 19.4. The third kappa shape index (κ3) is 7.14. The van der Waals surface area contributed by atoms with Crippen molar-refractivity contribution >= 4 is 45.9 Å². The van der Waals surface area contributed by atoms with Gasteiger partial charge in [-0.3, -0.25) is 0 Å². The first-order chi connectivity index (χ1) is 19.6. The van der Waals surface area contributed by atoms with Gasteiger partial charge in [0.15, 0.2) is 5.13 Å². The van der Waals surface area contributed by atoms with Crippen LogP contribution >= 0.6 is 23.1 Å². The van der Waals surface area contributed by atoms with Gasteiger partial charge in [0.25, 0.3) is 5.44 Å². The van der Waals surface area contributed by atoms with Crippen molar-refractivity contribution in [2.24, 2.45) is 5.16 Å². The third-order valence-electron chi connectivity index (χ3n) is 5.92. The Morgan fingerprint density at radius 3 is 1.80 bits per heavy atom. The highest BCUT2D eigenvalue weighted by Crippen LogP contribution is 2.40. The summed E-state index contributed by atoms with van der Waals surface area (Å²) in [6, 6.07) is 30.0. The molecule has 41 heavy (non-hydrogen) atoms. The van der Waals surface area contributed by atoms with Gasteiger partial charge in [-0.05, 0) is 43.7 Å². The minimum absolute atomic E-state index is 0.0946. The van der Waals surface area contributed by atoms with Gasteiger partial charge in [-0.25, -0.2) is 14.6 Å². The van der Waals surface area contributed by atoms with Gasteiger partial charge in [-0.2, -0.15) is 0 Å². The summed E-state index contributed by atoms with van der Waals surface area (Å²) < 4.78 is 5.35. The molecule has 0 fully saturated rings. The smallest absolute Gasteiger partial charge is 0.361 e. The number of nitrogens with zero attached hydrogens (tertiary/aromatic N) is 2. The van der Waals surface area contributed by atoms with Crippen LogP contribution in [0.2, 0.25) is 0 Å². The van der Waals surface area contributed by atoms with Gasteiger partial charge < -0.3 is 20.0 Å². The van der Waals surface area contributed by atoms with E-state index >= 15 is 0 Å². The van der Waals surface area contributed by atoms with E-state index in [1.54, 1.807) is 32.4 Å². The fourth-order valence-electron chi connectivity index (χ4n) is 4.21. The van der Waals surface area contributed by atoms with Gasteiger partial charge in [0, 0.05) is 5.38 Å². The number of carbonyl (C=O) groups excluding carboxylic acids is 1. The molecular formula is C31H31N3O5S2. The Balaban J connectivity index is 1.73. The number of benzene rings is 3. The van der Waals surface area contributed by atoms with Gasteiger partial charge in [0.05, 0.1) is 0 Å². The van der Waals surface area contributed by atoms with Crippen LogP contribution in [0.3, 0.4) is 0 Å². The van der Waals surface area contributed by atoms with Crippen molar-refractivity contribution in [2.45, 2.75) is 37.3 Å². The molecule has 1 aromatic heterocycles. The fraction of sp³-hybridized carbons (Fsp3) is 0.226. The van der Waals surface area contributed by atoms with Crippen molar-refractivity contribution in [1.29, 1.82) is 0 Å². The average molecular weight is 590 g/mol. The summed E-state index contributed by atoms with van der Waals surface area (Å²) in [5.74, 6) is -2.00. The number of esters is 1. The lowest BCUT2D eigenvalue weighted by Crippen LogP contribution is -2.38. The topological polar surface area (TPSA) is 110 Å². The highest BCUT2D eigenvalue weighted by molar-refractivity contribution is 7.99. The van der Waals surface area contributed by atoms with Crippen molar-refractivity contribution in [2.75, 3.05) is 11.6 Å². The van der Waals surface area contributed by atoms with Crippen molar-refractivity contribution in [3.63, 3.8) is 0 Å². The van der Waals surface area contributed by atoms with Gasteiger partial charge >= 0.3 is 11.9 Å². The normalized spacial score (nSPS) is 12.8. The Kier molecular flexibility index (Phi) is 9.46. The fourth-order valence-corrected chi connectivity index (χ4v) is 5.33. The molecule has 0 radical (unpaired) electrons. The molecule has 0 aliphatic heterocycles. The summed E-state index contributed by atoms with van der Waals surface area (Å²) in [5.41, 5.74) is -0.109. The Hall–Kier alpha value is -4.15. The van der Waals surface area contributed by atoms with Crippen molar-refractivity contribution < 1.29 is 24.3 Å². The second kappa shape index (κ2) is 13.0. The first-order valence-electron chi connectivity index (χ1n) is 12.8. The van der Waals surface area contributed by atoms with E-state index in [9.17, 15) is 14.7 Å². The van der Waals surface area contributed by atoms with E-state index in [-0.39, 0.29) is 5.69 Å². The number of rotatable bonds is 11. The molecule has 1 atom stereocenters. The molecule has 4 rings (SSSR count). The molecule has 3 aromatic carbocycles. The molecule has 0 saturated carbocycles. The largest absolute Gasteiger partial charge is 0.476 e. The van der Waals surface area contributed by atoms with E-state index in [1.165, 1.54) is 11.3 Å². The number of aromatic nitrogens is 1. The number of hydrogen-bond donors (Lipinski definition) is 2. The number of anilines is 1. The minimum atomic E-state index is -1.34. The third-order valence-corrected chi connectivity index (χ3v) is 7.38. The second-order valence-corrected chi connectivity index (χ2v) is 11.7. The van der Waals surface area contributed by atoms with Crippen LogP contribution in [0.5, 0.6) is 0 Å². The van der Waals surface area contributed by atoms with Crippen LogP contribution in [0, 0.1) is 0 Å². The number of thioether (sulfide) groups is 1. The van der Waals surface area contributed by atoms with E-state index in [2.05, 4.69) is 15.5 Å². The lowest BCUT2D eigenvalue weighted by atomic mass is 9.77. The zero-order valence-electron chi connectivity index (χ0n) is 23.1. The Morgan fingerprint density at radius 1 is 0.902 bits per heavy atom. The monoisotopic (exact) mass is 589 g/mol. The van der Waals surface area contributed by atoms with Crippen LogP contribution in [0.15, 0.2) is 102 Å². The molecule has 1 heterocycles. The molecule has 212 valence electrons. The second-order valence-electron chi connectivity index (χ2n) is 9.96. The molecule has 8 nitrogen and oxygen atoms in total. The van der Waals surface area contributed by atoms with Crippen molar-refractivity contribution in [3.8, 4) is 0 Å². The molecule has 1 unspecified atom stereocenters. The van der Waals surface area contributed by atoms with Crippen LogP contribution in [-0.2, 0) is 24.7 Å². The zero-order chi connectivity index (χ0) is 29.5. The van der Waals surface area contributed by atoms with Crippen LogP contribution in [-0.4, -0.2) is 45.0 Å². The lowest BCUT2D eigenvalue weighted by molar-refractivity contribution is -0.162. The standard InChI is InChI=1S/C31H31N3O5S2/c1-30(2,3)38-27(37)28(40-4)39-34-25(26(35)36)24-20-41-29(32-24)33-31(21-14-8-5-9-15-21,22-16-10-6-11-17-22)23-18-12-7-13-19-23/h5-20,28H,1-4H3,(H,32,33)(H,35,36). The van der Waals surface area contributed by atoms with Crippen LogP contribution in [0.25, 0.3) is 0 Å². The van der Waals surface area contributed by atoms with Crippen molar-refractivity contribution in [3.05, 3.63) is 119 Å². The number of carboxylic acids is 1. The van der Waals surface area contributed by atoms with Crippen LogP contribution in [0.1, 0.15) is 43.2 Å². The molecule has 0 aliphatic rings. The maximum Gasteiger partial charge on any atom is 0.361 e. The summed E-state index contributed by atoms with van der Waals surface area (Å²) in [6.07, 6.45) is 1.64. The number of nitrogens with one attached hydrogen (secondary N) is 1. The maximum absolute atomic E-state index is 12.5. The summed E-state index contributed by atoms with van der Waals surface area (Å²) in [4.78, 5) is 34.6. The highest BCUT2D eigenvalue weighted by atomic mass is 32.2. The first kappa shape index (κ1) is 29.8. The molecule has 0 bridgehead atoms. The predicted octanol–water partition coefficient (Wildman–Crippen LogP) is 6.38. The van der Waals surface area contributed by atoms with E-state index in [0.29, 0.717) is 5.13 Å². The molecule has 0 saturated heterocycles. The highest BCUT2D eigenvalue weighted by Gasteiger charge is 2.37. The SMILES string of the molecule is CSC(ON=C(C(=O)O)c1csc(NC(c2ccccc2)(c2ccccc2)c2ccccc2)n1)C(=O)OC(C)(C)C. The Labute approximate surface area is 247 Å². The van der Waals surface area contributed by atoms with E-state index in [1.807, 2.05) is 91.0 Å². The number of aliphatic carboxylic acids is 1. The number of hydrogen-bond acceptors (Lipinski definition) is 9. The first-order valence-corrected chi connectivity index (χ1v) is 14.9. The number of oxime groups is 1. The molecule has 10 heteroatoms. The van der Waals surface area contributed by atoms with E-state index in [4.69, 9.17) is 9.57 Å². The lowest BCUT2D eigenvalue weighted by Gasteiger charge is -2.36. The quantitative estimate of drug-likeness (QED) is 0.0682. The molecular weight excluding hydrogens is 558 g/mol. The van der Waals surface area contributed by atoms with Crippen LogP contribution < -0.4 is 5.32 Å². The molecule has 0 spiro atoms. The van der Waals surface area contributed by atoms with E-state index in [0.717, 1.165) is 28.5 Å². The molecule has 0 aliphatic carbocycles. The summed E-state index contributed by atoms with van der Waals surface area (Å²) in [6.45, 7) is 5.20. The molecule has 4 aromatic rings. The summed E-state index contributed by atoms with van der Waals surface area (Å²) >= 11 is 2.29. The van der Waals surface area contributed by atoms with Crippen molar-refractivity contribution in [1.82, 2.24) is 4.98 Å². The van der Waals surface area contributed by atoms with Gasteiger partial charge in [0.2, 0.25) is 5.71 Å². The maximum atomic E-state index is 12.5. The Morgan fingerprint density at radius 2 is 1.39 bits per heavy atom. The van der Waals surface area contributed by atoms with E-state index < -0.39 is 34.2 Å². The number of ether oxygens (including phenoxy) is 1. The van der Waals surface area contributed by atoms with Crippen LogP contribution in [0.4, 0.5) is 5.13 Å². The van der Waals surface area contributed by atoms with Gasteiger partial charge in [0.1, 0.15) is 16.8 Å². The molecule has 2 N–H and O–H groups in total. The number of carboxylic acid groups (broad SMARTS) is 1. The predicted molar refractivity (Wildman–Crippen MR) is 163 cm³/mol. The summed E-state index contributed by atoms with van der Waals surface area (Å²) in [7, 11) is 0. The zero-order valence-corrected chi connectivity index (χ0v) is 24.7. The molecule has 0 amide bonds. The minimum Gasteiger partial charge on any atom is -0.476 e. The van der Waals surface area contributed by atoms with Gasteiger partial charge in [-0.1, -0.05) is 96.2 Å². The number of thiazole rings is 1. The average Bonchev–Trinajstić information content (AvgIpc) is 3.42.